The predicted octanol–water partition coefficient (Wildman–Crippen LogP) is 3.12. The van der Waals surface area contributed by atoms with Crippen molar-refractivity contribution >= 4 is 5.97 Å². The maximum Gasteiger partial charge on any atom is 0.306 e. The minimum Gasteiger partial charge on any atom is -0.481 e. The number of carbonyl (C=O) groups is 1. The van der Waals surface area contributed by atoms with Crippen molar-refractivity contribution in [2.45, 2.75) is 32.2 Å². The molecule has 5 nitrogen and oxygen atoms in total. The van der Waals surface area contributed by atoms with E-state index < -0.39 is 5.97 Å². The first-order valence-corrected chi connectivity index (χ1v) is 8.14. The minimum atomic E-state index is -0.690. The number of hydrogen-bond donors (Lipinski definition) is 1. The van der Waals surface area contributed by atoms with Gasteiger partial charge >= 0.3 is 5.97 Å². The summed E-state index contributed by atoms with van der Waals surface area (Å²) in [4.78, 5) is 18.0. The third-order valence-electron chi connectivity index (χ3n) is 4.59. The van der Waals surface area contributed by atoms with Gasteiger partial charge in [-0.3, -0.25) is 14.7 Å². The topological polar surface area (TPSA) is 66.6 Å². The zero-order valence-electron chi connectivity index (χ0n) is 13.3. The first kappa shape index (κ1) is 15.7. The number of carboxylic acid groups (broad SMARTS) is 1. The molecule has 0 saturated carbocycles. The first-order chi connectivity index (χ1) is 11.2. The fraction of sp³-hybridized carbons (Fsp3) is 0.444. The highest BCUT2D eigenvalue weighted by Gasteiger charge is 2.32. The highest BCUT2D eigenvalue weighted by Crippen LogP contribution is 2.31. The maximum atomic E-state index is 11.2. The number of hydrogen-bond acceptors (Lipinski definition) is 4. The molecule has 1 aliphatic heterocycles. The summed E-state index contributed by atoms with van der Waals surface area (Å²) in [6, 6.07) is 7.94. The molecule has 0 bridgehead atoms. The van der Waals surface area contributed by atoms with Gasteiger partial charge in [-0.15, -0.1) is 0 Å². The monoisotopic (exact) mass is 314 g/mol. The summed E-state index contributed by atoms with van der Waals surface area (Å²) in [7, 11) is 0. The van der Waals surface area contributed by atoms with Crippen molar-refractivity contribution in [1.82, 2.24) is 9.88 Å². The van der Waals surface area contributed by atoms with Crippen LogP contribution in [0.4, 0.5) is 0 Å². The largest absolute Gasteiger partial charge is 0.481 e. The molecule has 3 heterocycles. The van der Waals surface area contributed by atoms with E-state index in [9.17, 15) is 9.90 Å². The minimum absolute atomic E-state index is 0.0503. The van der Waals surface area contributed by atoms with Gasteiger partial charge in [0.25, 0.3) is 0 Å². The van der Waals surface area contributed by atoms with Crippen LogP contribution in [0.1, 0.15) is 42.8 Å². The van der Waals surface area contributed by atoms with E-state index in [2.05, 4.69) is 28.9 Å². The number of rotatable bonds is 5. The van der Waals surface area contributed by atoms with Crippen molar-refractivity contribution in [3.63, 3.8) is 0 Å². The van der Waals surface area contributed by atoms with Crippen LogP contribution >= 0.6 is 0 Å². The van der Waals surface area contributed by atoms with Crippen LogP contribution in [0.2, 0.25) is 0 Å². The molecule has 1 atom stereocenters. The number of aliphatic carboxylic acids is 1. The summed E-state index contributed by atoms with van der Waals surface area (Å²) in [5.74, 6) is -0.0703. The Morgan fingerprint density at radius 3 is 2.70 bits per heavy atom. The Labute approximate surface area is 135 Å². The average Bonchev–Trinajstić information content (AvgIpc) is 3.10. The molecule has 0 amide bonds. The number of carboxylic acids is 1. The van der Waals surface area contributed by atoms with Gasteiger partial charge in [0, 0.05) is 19.3 Å². The third-order valence-corrected chi connectivity index (χ3v) is 4.59. The molecule has 1 saturated heterocycles. The molecule has 122 valence electrons. The number of pyridine rings is 1. The molecule has 0 spiro atoms. The number of aromatic nitrogens is 1. The van der Waals surface area contributed by atoms with E-state index in [1.165, 1.54) is 5.56 Å². The van der Waals surface area contributed by atoms with Crippen molar-refractivity contribution in [2.75, 3.05) is 13.1 Å². The number of piperidine rings is 1. The Balaban J connectivity index is 1.83. The molecule has 2 aromatic rings. The number of nitrogens with zero attached hydrogens (tertiary/aromatic N) is 2. The second-order valence-electron chi connectivity index (χ2n) is 6.01. The Hall–Kier alpha value is -2.14. The zero-order valence-corrected chi connectivity index (χ0v) is 13.3. The summed E-state index contributed by atoms with van der Waals surface area (Å²) in [5.41, 5.74) is 2.16. The number of likely N-dealkylation sites (tertiary alicyclic amines) is 1. The van der Waals surface area contributed by atoms with Crippen molar-refractivity contribution in [2.24, 2.45) is 5.92 Å². The van der Waals surface area contributed by atoms with Crippen LogP contribution in [-0.2, 0) is 11.2 Å². The lowest BCUT2D eigenvalue weighted by Crippen LogP contribution is -2.39. The summed E-state index contributed by atoms with van der Waals surface area (Å²) >= 11 is 0. The lowest BCUT2D eigenvalue weighted by molar-refractivity contribution is -0.143. The van der Waals surface area contributed by atoms with E-state index in [4.69, 9.17) is 4.42 Å². The van der Waals surface area contributed by atoms with Crippen LogP contribution in [0, 0.1) is 5.92 Å². The Morgan fingerprint density at radius 2 is 2.17 bits per heavy atom. The van der Waals surface area contributed by atoms with Gasteiger partial charge in [-0.25, -0.2) is 0 Å². The average molecular weight is 314 g/mol. The van der Waals surface area contributed by atoms with E-state index >= 15 is 0 Å². The molecule has 1 N–H and O–H groups in total. The van der Waals surface area contributed by atoms with Crippen LogP contribution in [0.5, 0.6) is 0 Å². The van der Waals surface area contributed by atoms with E-state index in [0.29, 0.717) is 12.8 Å². The lowest BCUT2D eigenvalue weighted by Gasteiger charge is -2.35. The van der Waals surface area contributed by atoms with Crippen molar-refractivity contribution in [3.05, 3.63) is 53.7 Å². The SMILES string of the molecule is CCc1ccc(C(c2ccco2)N2CCC(C(=O)O)CC2)nc1. The second kappa shape index (κ2) is 6.96. The first-order valence-electron chi connectivity index (χ1n) is 8.14. The molecule has 0 aliphatic carbocycles. The van der Waals surface area contributed by atoms with E-state index in [1.807, 2.05) is 18.3 Å². The van der Waals surface area contributed by atoms with E-state index in [0.717, 1.165) is 31.0 Å². The third kappa shape index (κ3) is 3.45. The molecule has 3 rings (SSSR count). The molecule has 1 fully saturated rings. The van der Waals surface area contributed by atoms with E-state index in [1.54, 1.807) is 6.26 Å². The predicted molar refractivity (Wildman–Crippen MR) is 86.1 cm³/mol. The lowest BCUT2D eigenvalue weighted by atomic mass is 9.94. The van der Waals surface area contributed by atoms with Crippen LogP contribution in [0.25, 0.3) is 0 Å². The molecule has 0 radical (unpaired) electrons. The van der Waals surface area contributed by atoms with Gasteiger partial charge in [0.05, 0.1) is 17.9 Å². The van der Waals surface area contributed by atoms with Gasteiger partial charge in [-0.1, -0.05) is 13.0 Å². The molecular formula is C18H22N2O3. The zero-order chi connectivity index (χ0) is 16.2. The molecule has 1 unspecified atom stereocenters. The smallest absolute Gasteiger partial charge is 0.306 e. The van der Waals surface area contributed by atoms with Gasteiger partial charge in [0.15, 0.2) is 0 Å². The molecule has 0 aromatic carbocycles. The maximum absolute atomic E-state index is 11.2. The summed E-state index contributed by atoms with van der Waals surface area (Å²) in [5, 5.41) is 9.17. The van der Waals surface area contributed by atoms with Crippen molar-refractivity contribution in [3.8, 4) is 0 Å². The Morgan fingerprint density at radius 1 is 1.39 bits per heavy atom. The Bertz CT molecular complexity index is 629. The molecule has 23 heavy (non-hydrogen) atoms. The summed E-state index contributed by atoms with van der Waals surface area (Å²) in [6.45, 7) is 3.58. The number of furan rings is 1. The van der Waals surface area contributed by atoms with Crippen LogP contribution in [-0.4, -0.2) is 34.0 Å². The summed E-state index contributed by atoms with van der Waals surface area (Å²) in [6.07, 6.45) is 5.88. The van der Waals surface area contributed by atoms with Crippen LogP contribution in [0.15, 0.2) is 41.1 Å². The highest BCUT2D eigenvalue weighted by atomic mass is 16.4. The van der Waals surface area contributed by atoms with Gasteiger partial charge in [0.1, 0.15) is 11.8 Å². The molecule has 2 aromatic heterocycles. The quantitative estimate of drug-likeness (QED) is 0.918. The van der Waals surface area contributed by atoms with Gasteiger partial charge < -0.3 is 9.52 Å². The molecule has 5 heteroatoms. The van der Waals surface area contributed by atoms with Crippen molar-refractivity contribution in [1.29, 1.82) is 0 Å². The van der Waals surface area contributed by atoms with Gasteiger partial charge in [-0.05, 0) is 43.0 Å². The van der Waals surface area contributed by atoms with E-state index in [-0.39, 0.29) is 12.0 Å². The second-order valence-corrected chi connectivity index (χ2v) is 6.01. The molecular weight excluding hydrogens is 292 g/mol. The fourth-order valence-electron chi connectivity index (χ4n) is 3.17. The number of aryl methyl sites for hydroxylation is 1. The van der Waals surface area contributed by atoms with Crippen LogP contribution in [0.3, 0.4) is 0 Å². The van der Waals surface area contributed by atoms with Crippen molar-refractivity contribution < 1.29 is 14.3 Å². The highest BCUT2D eigenvalue weighted by molar-refractivity contribution is 5.70. The normalized spacial score (nSPS) is 18.0. The fourth-order valence-corrected chi connectivity index (χ4v) is 3.17. The Kier molecular flexibility index (Phi) is 4.76. The standard InChI is InChI=1S/C18H22N2O3/c1-2-13-5-6-15(19-12-13)17(16-4-3-11-23-16)20-9-7-14(8-10-20)18(21)22/h3-6,11-12,14,17H,2,7-10H2,1H3,(H,21,22). The van der Waals surface area contributed by atoms with Gasteiger partial charge in [-0.2, -0.15) is 0 Å². The van der Waals surface area contributed by atoms with Gasteiger partial charge in [0.2, 0.25) is 0 Å². The van der Waals surface area contributed by atoms with Crippen LogP contribution < -0.4 is 0 Å². The summed E-state index contributed by atoms with van der Waals surface area (Å²) < 4.78 is 5.64. The molecule has 1 aliphatic rings.